The van der Waals surface area contributed by atoms with Crippen molar-refractivity contribution < 1.29 is 9.53 Å². The molecule has 0 unspecified atom stereocenters. The zero-order chi connectivity index (χ0) is 10.7. The van der Waals surface area contributed by atoms with E-state index >= 15 is 0 Å². The van der Waals surface area contributed by atoms with Gasteiger partial charge in [0.2, 0.25) is 0 Å². The summed E-state index contributed by atoms with van der Waals surface area (Å²) >= 11 is 0. The summed E-state index contributed by atoms with van der Waals surface area (Å²) in [5, 5.41) is 0. The van der Waals surface area contributed by atoms with E-state index in [1.54, 1.807) is 4.90 Å². The minimum atomic E-state index is -0.296. The lowest BCUT2D eigenvalue weighted by molar-refractivity contribution is 0.102. The zero-order valence-corrected chi connectivity index (χ0v) is 8.48. The highest BCUT2D eigenvalue weighted by atomic mass is 16.6. The summed E-state index contributed by atoms with van der Waals surface area (Å²) in [6, 6.07) is 9.88. The average molecular weight is 203 g/mol. The lowest BCUT2D eigenvalue weighted by Crippen LogP contribution is -2.36. The summed E-state index contributed by atoms with van der Waals surface area (Å²) in [4.78, 5) is 13.1. The average Bonchev–Trinajstić information content (AvgIpc) is 2.24. The molecule has 0 saturated carbocycles. The van der Waals surface area contributed by atoms with Gasteiger partial charge < -0.3 is 9.64 Å². The number of amides is 1. The van der Waals surface area contributed by atoms with Crippen molar-refractivity contribution in [1.82, 2.24) is 4.90 Å². The first-order chi connectivity index (χ1) is 7.25. The maximum atomic E-state index is 11.5. The van der Waals surface area contributed by atoms with Gasteiger partial charge in [0.25, 0.3) is 0 Å². The predicted octanol–water partition coefficient (Wildman–Crippen LogP) is 2.54. The van der Waals surface area contributed by atoms with E-state index in [4.69, 9.17) is 4.74 Å². The number of hydrogen-bond acceptors (Lipinski definition) is 2. The van der Waals surface area contributed by atoms with Gasteiger partial charge in [0.1, 0.15) is 5.76 Å². The van der Waals surface area contributed by atoms with E-state index in [0.29, 0.717) is 18.8 Å². The van der Waals surface area contributed by atoms with E-state index < -0.39 is 0 Å². The number of benzene rings is 1. The lowest BCUT2D eigenvalue weighted by atomic mass is 10.2. The third-order valence-electron chi connectivity index (χ3n) is 2.37. The lowest BCUT2D eigenvalue weighted by Gasteiger charge is -2.27. The first kappa shape index (κ1) is 9.77. The van der Waals surface area contributed by atoms with Crippen LogP contribution >= 0.6 is 0 Å². The molecule has 0 radical (unpaired) electrons. The van der Waals surface area contributed by atoms with Crippen LogP contribution in [0.2, 0.25) is 0 Å². The quantitative estimate of drug-likeness (QED) is 0.739. The van der Waals surface area contributed by atoms with Gasteiger partial charge in [-0.1, -0.05) is 36.9 Å². The van der Waals surface area contributed by atoms with Gasteiger partial charge >= 0.3 is 6.09 Å². The molecule has 1 aliphatic rings. The zero-order valence-electron chi connectivity index (χ0n) is 8.48. The Hall–Kier alpha value is -1.77. The molecule has 78 valence electrons. The molecular weight excluding hydrogens is 190 g/mol. The second kappa shape index (κ2) is 4.17. The monoisotopic (exact) mass is 203 g/mol. The third kappa shape index (κ3) is 2.37. The first-order valence-corrected chi connectivity index (χ1v) is 4.94. The fourth-order valence-corrected chi connectivity index (χ4v) is 1.54. The Bertz CT molecular complexity index is 372. The van der Waals surface area contributed by atoms with Crippen LogP contribution in [0.1, 0.15) is 12.0 Å². The molecule has 1 aromatic carbocycles. The topological polar surface area (TPSA) is 29.5 Å². The summed E-state index contributed by atoms with van der Waals surface area (Å²) in [6.45, 7) is 4.93. The van der Waals surface area contributed by atoms with Crippen molar-refractivity contribution in [1.29, 1.82) is 0 Å². The van der Waals surface area contributed by atoms with Crippen LogP contribution in [0.5, 0.6) is 0 Å². The number of carbonyl (C=O) groups is 1. The van der Waals surface area contributed by atoms with Gasteiger partial charge in [-0.2, -0.15) is 0 Å². The van der Waals surface area contributed by atoms with E-state index in [9.17, 15) is 4.79 Å². The molecule has 0 aliphatic carbocycles. The minimum absolute atomic E-state index is 0.296. The fraction of sp³-hybridized carbons (Fsp3) is 0.250. The Kier molecular flexibility index (Phi) is 2.72. The third-order valence-corrected chi connectivity index (χ3v) is 2.37. The molecule has 1 fully saturated rings. The summed E-state index contributed by atoms with van der Waals surface area (Å²) in [6.07, 6.45) is 0.425. The van der Waals surface area contributed by atoms with Crippen molar-refractivity contribution >= 4 is 6.09 Å². The van der Waals surface area contributed by atoms with Crippen molar-refractivity contribution in [2.75, 3.05) is 6.54 Å². The molecule has 0 N–H and O–H groups in total. The molecule has 3 heteroatoms. The molecule has 0 aromatic heterocycles. The Morgan fingerprint density at radius 3 is 2.73 bits per heavy atom. The maximum Gasteiger partial charge on any atom is 0.415 e. The van der Waals surface area contributed by atoms with Crippen LogP contribution in [0.15, 0.2) is 42.7 Å². The maximum absolute atomic E-state index is 11.5. The van der Waals surface area contributed by atoms with Gasteiger partial charge in [0.05, 0.1) is 0 Å². The summed E-state index contributed by atoms with van der Waals surface area (Å²) in [5.41, 5.74) is 1.11. The fourth-order valence-electron chi connectivity index (χ4n) is 1.54. The normalized spacial score (nSPS) is 16.4. The van der Waals surface area contributed by atoms with Gasteiger partial charge in [-0.15, -0.1) is 0 Å². The highest BCUT2D eigenvalue weighted by Crippen LogP contribution is 2.15. The summed E-state index contributed by atoms with van der Waals surface area (Å²) in [7, 11) is 0. The van der Waals surface area contributed by atoms with Crippen LogP contribution in [0.25, 0.3) is 0 Å². The highest BCUT2D eigenvalue weighted by molar-refractivity contribution is 5.69. The highest BCUT2D eigenvalue weighted by Gasteiger charge is 2.21. The number of rotatable bonds is 2. The molecule has 0 bridgehead atoms. The number of ether oxygens (including phenoxy) is 1. The minimum Gasteiger partial charge on any atom is -0.415 e. The van der Waals surface area contributed by atoms with Crippen molar-refractivity contribution in [3.63, 3.8) is 0 Å². The number of cyclic esters (lactones) is 1. The molecule has 1 amide bonds. The molecule has 0 atom stereocenters. The van der Waals surface area contributed by atoms with Crippen LogP contribution in [-0.2, 0) is 11.3 Å². The van der Waals surface area contributed by atoms with Crippen LogP contribution < -0.4 is 0 Å². The predicted molar refractivity (Wildman–Crippen MR) is 57.1 cm³/mol. The van der Waals surface area contributed by atoms with E-state index in [-0.39, 0.29) is 6.09 Å². The Labute approximate surface area is 89.0 Å². The van der Waals surface area contributed by atoms with Crippen LogP contribution in [0.3, 0.4) is 0 Å². The van der Waals surface area contributed by atoms with Gasteiger partial charge in [-0.05, 0) is 5.56 Å². The van der Waals surface area contributed by atoms with E-state index in [0.717, 1.165) is 12.0 Å². The molecule has 2 rings (SSSR count). The van der Waals surface area contributed by atoms with Crippen molar-refractivity contribution in [2.24, 2.45) is 0 Å². The second-order valence-corrected chi connectivity index (χ2v) is 3.56. The summed E-state index contributed by atoms with van der Waals surface area (Å²) < 4.78 is 4.96. The Morgan fingerprint density at radius 2 is 2.07 bits per heavy atom. The SMILES string of the molecule is C=C1CCN(Cc2ccccc2)C(=O)O1. The molecular formula is C12H13NO2. The molecule has 1 aliphatic heterocycles. The van der Waals surface area contributed by atoms with Crippen molar-refractivity contribution in [2.45, 2.75) is 13.0 Å². The number of nitrogens with zero attached hydrogens (tertiary/aromatic N) is 1. The van der Waals surface area contributed by atoms with E-state index in [2.05, 4.69) is 6.58 Å². The van der Waals surface area contributed by atoms with Crippen molar-refractivity contribution in [3.05, 3.63) is 48.2 Å². The van der Waals surface area contributed by atoms with Gasteiger partial charge in [0, 0.05) is 19.5 Å². The van der Waals surface area contributed by atoms with Crippen LogP contribution in [0, 0.1) is 0 Å². The first-order valence-electron chi connectivity index (χ1n) is 4.94. The van der Waals surface area contributed by atoms with E-state index in [1.165, 1.54) is 0 Å². The molecule has 1 heterocycles. The van der Waals surface area contributed by atoms with Gasteiger partial charge in [0.15, 0.2) is 0 Å². The Morgan fingerprint density at radius 1 is 1.33 bits per heavy atom. The van der Waals surface area contributed by atoms with Gasteiger partial charge in [-0.3, -0.25) is 0 Å². The van der Waals surface area contributed by atoms with E-state index in [1.807, 2.05) is 30.3 Å². The van der Waals surface area contributed by atoms with Crippen LogP contribution in [-0.4, -0.2) is 17.5 Å². The Balaban J connectivity index is 2.01. The van der Waals surface area contributed by atoms with Crippen molar-refractivity contribution in [3.8, 4) is 0 Å². The van der Waals surface area contributed by atoms with Gasteiger partial charge in [-0.25, -0.2) is 4.79 Å². The standard InChI is InChI=1S/C12H13NO2/c1-10-7-8-13(12(14)15-10)9-11-5-3-2-4-6-11/h2-6H,1,7-9H2. The smallest absolute Gasteiger partial charge is 0.415 e. The molecule has 3 nitrogen and oxygen atoms in total. The van der Waals surface area contributed by atoms with Crippen LogP contribution in [0.4, 0.5) is 4.79 Å². The largest absolute Gasteiger partial charge is 0.415 e. The molecule has 0 spiro atoms. The molecule has 15 heavy (non-hydrogen) atoms. The second-order valence-electron chi connectivity index (χ2n) is 3.56. The number of hydrogen-bond donors (Lipinski definition) is 0. The summed E-state index contributed by atoms with van der Waals surface area (Å²) in [5.74, 6) is 0.560. The molecule has 1 aromatic rings. The molecule has 1 saturated heterocycles. The number of carbonyl (C=O) groups excluding carboxylic acids is 1.